The van der Waals surface area contributed by atoms with Gasteiger partial charge in [-0.25, -0.2) is 0 Å². The average Bonchev–Trinajstić information content (AvgIpc) is 2.35. The second-order valence-corrected chi connectivity index (χ2v) is 4.43. The molecule has 0 aliphatic heterocycles. The molecular weight excluding hydrogens is 246 g/mol. The van der Waals surface area contributed by atoms with Gasteiger partial charge in [0, 0.05) is 27.7 Å². The molecule has 1 rings (SSSR count). The van der Waals surface area contributed by atoms with Crippen LogP contribution in [0.3, 0.4) is 0 Å². The molecule has 0 bridgehead atoms. The van der Waals surface area contributed by atoms with Gasteiger partial charge in [-0.1, -0.05) is 0 Å². The van der Waals surface area contributed by atoms with E-state index < -0.39 is 6.04 Å². The minimum Gasteiger partial charge on any atom is -0.368 e. The minimum absolute atomic E-state index is 0.0344. The maximum atomic E-state index is 11.9. The van der Waals surface area contributed by atoms with Crippen LogP contribution in [-0.2, 0) is 4.79 Å². The van der Waals surface area contributed by atoms with Crippen LogP contribution in [0.25, 0.3) is 0 Å². The SMILES string of the molecule is CCN(C)C(=O)C(C)Nc1nc(N)nc(N(C)C)n1. The Morgan fingerprint density at radius 1 is 1.32 bits per heavy atom. The molecule has 0 aliphatic rings. The zero-order valence-corrected chi connectivity index (χ0v) is 12.0. The second-order valence-electron chi connectivity index (χ2n) is 4.43. The molecule has 1 aromatic heterocycles. The van der Waals surface area contributed by atoms with Crippen LogP contribution in [0.2, 0.25) is 0 Å². The van der Waals surface area contributed by atoms with Gasteiger partial charge in [-0.05, 0) is 13.8 Å². The molecule has 1 unspecified atom stereocenters. The maximum Gasteiger partial charge on any atom is 0.244 e. The van der Waals surface area contributed by atoms with Crippen molar-refractivity contribution in [2.45, 2.75) is 19.9 Å². The van der Waals surface area contributed by atoms with Gasteiger partial charge in [0.15, 0.2) is 0 Å². The van der Waals surface area contributed by atoms with Gasteiger partial charge >= 0.3 is 0 Å². The Balaban J connectivity index is 2.84. The first-order chi connectivity index (χ1) is 8.85. The van der Waals surface area contributed by atoms with Crippen molar-refractivity contribution in [3.63, 3.8) is 0 Å². The molecule has 8 heteroatoms. The molecule has 8 nitrogen and oxygen atoms in total. The van der Waals surface area contributed by atoms with Gasteiger partial charge in [0.05, 0.1) is 0 Å². The zero-order chi connectivity index (χ0) is 14.6. The number of nitrogens with two attached hydrogens (primary N) is 1. The van der Waals surface area contributed by atoms with E-state index in [0.29, 0.717) is 18.4 Å². The quantitative estimate of drug-likeness (QED) is 0.761. The summed E-state index contributed by atoms with van der Waals surface area (Å²) in [5, 5.41) is 2.93. The number of nitrogen functional groups attached to an aromatic ring is 1. The minimum atomic E-state index is -0.429. The lowest BCUT2D eigenvalue weighted by atomic mass is 10.3. The second kappa shape index (κ2) is 6.17. The smallest absolute Gasteiger partial charge is 0.244 e. The normalized spacial score (nSPS) is 11.8. The number of hydrogen-bond acceptors (Lipinski definition) is 7. The van der Waals surface area contributed by atoms with E-state index in [1.807, 2.05) is 6.92 Å². The Kier molecular flexibility index (Phi) is 4.85. The number of nitrogens with zero attached hydrogens (tertiary/aromatic N) is 5. The van der Waals surface area contributed by atoms with E-state index in [2.05, 4.69) is 20.3 Å². The predicted octanol–water partition coefficient (Wildman–Crippen LogP) is -0.201. The van der Waals surface area contributed by atoms with Gasteiger partial charge < -0.3 is 20.9 Å². The molecule has 106 valence electrons. The third kappa shape index (κ3) is 3.94. The molecule has 0 aromatic carbocycles. The number of anilines is 3. The summed E-state index contributed by atoms with van der Waals surface area (Å²) in [6, 6.07) is -0.429. The predicted molar refractivity (Wildman–Crippen MR) is 75.0 cm³/mol. The molecule has 1 atom stereocenters. The van der Waals surface area contributed by atoms with Crippen molar-refractivity contribution >= 4 is 23.8 Å². The number of rotatable bonds is 5. The largest absolute Gasteiger partial charge is 0.368 e. The Bertz CT molecular complexity index is 449. The van der Waals surface area contributed by atoms with Crippen molar-refractivity contribution in [2.24, 2.45) is 0 Å². The van der Waals surface area contributed by atoms with Crippen molar-refractivity contribution in [1.82, 2.24) is 19.9 Å². The molecule has 0 aliphatic carbocycles. The molecule has 1 aromatic rings. The van der Waals surface area contributed by atoms with Crippen molar-refractivity contribution in [3.05, 3.63) is 0 Å². The molecule has 0 fully saturated rings. The summed E-state index contributed by atoms with van der Waals surface area (Å²) in [6.07, 6.45) is 0. The first-order valence-corrected chi connectivity index (χ1v) is 6.05. The van der Waals surface area contributed by atoms with Gasteiger partial charge in [-0.2, -0.15) is 15.0 Å². The van der Waals surface area contributed by atoms with E-state index in [4.69, 9.17) is 5.73 Å². The summed E-state index contributed by atoms with van der Waals surface area (Å²) < 4.78 is 0. The summed E-state index contributed by atoms with van der Waals surface area (Å²) in [6.45, 7) is 4.31. The third-order valence-electron chi connectivity index (χ3n) is 2.61. The van der Waals surface area contributed by atoms with E-state index in [1.54, 1.807) is 37.9 Å². The fraction of sp³-hybridized carbons (Fsp3) is 0.636. The van der Waals surface area contributed by atoms with E-state index in [-0.39, 0.29) is 11.9 Å². The molecule has 0 spiro atoms. The maximum absolute atomic E-state index is 11.9. The zero-order valence-electron chi connectivity index (χ0n) is 12.0. The molecule has 1 heterocycles. The highest BCUT2D eigenvalue weighted by Crippen LogP contribution is 2.10. The topological polar surface area (TPSA) is 100 Å². The number of aromatic nitrogens is 3. The van der Waals surface area contributed by atoms with Crippen molar-refractivity contribution < 1.29 is 4.79 Å². The van der Waals surface area contributed by atoms with Crippen molar-refractivity contribution in [2.75, 3.05) is 43.6 Å². The molecular formula is C11H21N7O. The number of carbonyl (C=O) groups is 1. The van der Waals surface area contributed by atoms with Crippen LogP contribution in [0.5, 0.6) is 0 Å². The average molecular weight is 267 g/mol. The van der Waals surface area contributed by atoms with Gasteiger partial charge in [0.1, 0.15) is 6.04 Å². The van der Waals surface area contributed by atoms with E-state index in [0.717, 1.165) is 0 Å². The number of amides is 1. The Labute approximate surface area is 113 Å². The van der Waals surface area contributed by atoms with Crippen LogP contribution < -0.4 is 16.0 Å². The number of nitrogens with one attached hydrogen (secondary N) is 1. The fourth-order valence-corrected chi connectivity index (χ4v) is 1.39. The standard InChI is InChI=1S/C11H21N7O/c1-6-18(5)8(19)7(2)13-10-14-9(12)15-11(16-10)17(3)4/h7H,6H2,1-5H3,(H3,12,13,14,15,16). The number of carbonyl (C=O) groups excluding carboxylic acids is 1. The highest BCUT2D eigenvalue weighted by atomic mass is 16.2. The molecule has 0 saturated carbocycles. The summed E-state index contributed by atoms with van der Waals surface area (Å²) in [4.78, 5) is 27.4. The van der Waals surface area contributed by atoms with Crippen LogP contribution >= 0.6 is 0 Å². The van der Waals surface area contributed by atoms with Gasteiger partial charge in [0.25, 0.3) is 0 Å². The Morgan fingerprint density at radius 2 is 1.95 bits per heavy atom. The number of likely N-dealkylation sites (N-methyl/N-ethyl adjacent to an activating group) is 1. The lowest BCUT2D eigenvalue weighted by Crippen LogP contribution is -2.39. The summed E-state index contributed by atoms with van der Waals surface area (Å²) >= 11 is 0. The van der Waals surface area contributed by atoms with Gasteiger partial charge in [-0.3, -0.25) is 4.79 Å². The summed E-state index contributed by atoms with van der Waals surface area (Å²) in [7, 11) is 5.35. The highest BCUT2D eigenvalue weighted by Gasteiger charge is 2.18. The summed E-state index contributed by atoms with van der Waals surface area (Å²) in [5.41, 5.74) is 5.61. The number of hydrogen-bond donors (Lipinski definition) is 2. The molecule has 19 heavy (non-hydrogen) atoms. The lowest BCUT2D eigenvalue weighted by molar-refractivity contribution is -0.130. The van der Waals surface area contributed by atoms with E-state index in [1.165, 1.54) is 0 Å². The fourth-order valence-electron chi connectivity index (χ4n) is 1.39. The van der Waals surface area contributed by atoms with Gasteiger partial charge in [-0.15, -0.1) is 0 Å². The molecule has 1 amide bonds. The molecule has 0 radical (unpaired) electrons. The monoisotopic (exact) mass is 267 g/mol. The van der Waals surface area contributed by atoms with Crippen LogP contribution in [0.15, 0.2) is 0 Å². The first kappa shape index (κ1) is 14.9. The van der Waals surface area contributed by atoms with E-state index >= 15 is 0 Å². The molecule has 0 saturated heterocycles. The van der Waals surface area contributed by atoms with Crippen molar-refractivity contribution in [1.29, 1.82) is 0 Å². The van der Waals surface area contributed by atoms with E-state index in [9.17, 15) is 4.79 Å². The van der Waals surface area contributed by atoms with Crippen LogP contribution in [0.4, 0.5) is 17.8 Å². The molecule has 3 N–H and O–H groups in total. The highest BCUT2D eigenvalue weighted by molar-refractivity contribution is 5.83. The Morgan fingerprint density at radius 3 is 2.47 bits per heavy atom. The summed E-state index contributed by atoms with van der Waals surface area (Å²) in [5.74, 6) is 0.817. The Hall–Kier alpha value is -2.12. The van der Waals surface area contributed by atoms with Crippen LogP contribution in [0, 0.1) is 0 Å². The third-order valence-corrected chi connectivity index (χ3v) is 2.61. The van der Waals surface area contributed by atoms with Crippen LogP contribution in [-0.4, -0.2) is 59.5 Å². The van der Waals surface area contributed by atoms with Crippen LogP contribution in [0.1, 0.15) is 13.8 Å². The van der Waals surface area contributed by atoms with Crippen molar-refractivity contribution in [3.8, 4) is 0 Å². The first-order valence-electron chi connectivity index (χ1n) is 6.05. The lowest BCUT2D eigenvalue weighted by Gasteiger charge is -2.21. The van der Waals surface area contributed by atoms with Gasteiger partial charge in [0.2, 0.25) is 23.8 Å².